The molecule has 0 spiro atoms. The van der Waals surface area contributed by atoms with Crippen LogP contribution in [0.2, 0.25) is 0 Å². The molecule has 1 aliphatic heterocycles. The number of nitrogens with one attached hydrogen (secondary N) is 3. The summed E-state index contributed by atoms with van der Waals surface area (Å²) in [5, 5.41) is 19.1. The van der Waals surface area contributed by atoms with Crippen molar-refractivity contribution >= 4 is 18.9 Å². The molecular formula is C25H35BN4O5. The van der Waals surface area contributed by atoms with Gasteiger partial charge < -0.3 is 30.4 Å². The SMILES string of the molecule is CC(C)CC(NC(=O)C(NC(=O)c1cccc(-c2ccccc2)n1)C(C)O)B1OCCNCCO1. The van der Waals surface area contributed by atoms with Crippen molar-refractivity contribution in [2.24, 2.45) is 5.92 Å². The number of aliphatic hydroxyl groups is 1. The van der Waals surface area contributed by atoms with Crippen LogP contribution in [0.1, 0.15) is 37.7 Å². The van der Waals surface area contributed by atoms with Crippen LogP contribution in [0, 0.1) is 5.92 Å². The lowest BCUT2D eigenvalue weighted by Crippen LogP contribution is -2.59. The molecule has 9 nitrogen and oxygen atoms in total. The van der Waals surface area contributed by atoms with Crippen molar-refractivity contribution < 1.29 is 24.0 Å². The van der Waals surface area contributed by atoms with E-state index in [0.717, 1.165) is 5.56 Å². The molecule has 1 fully saturated rings. The predicted octanol–water partition coefficient (Wildman–Crippen LogP) is 1.42. The molecule has 3 atom stereocenters. The standard InChI is InChI=1S/C25H35BN4O5/c1-17(2)16-22(26-34-14-12-27-13-15-35-26)29-25(33)23(18(3)31)30-24(32)21-11-7-10-20(28-21)19-8-5-4-6-9-19/h4-11,17-18,22-23,27,31H,12-16H2,1-3H3,(H,29,33)(H,30,32). The molecule has 3 unspecified atom stereocenters. The Balaban J connectivity index is 1.71. The van der Waals surface area contributed by atoms with Gasteiger partial charge in [0, 0.05) is 31.9 Å². The minimum Gasteiger partial charge on any atom is -0.408 e. The van der Waals surface area contributed by atoms with E-state index in [1.807, 2.05) is 50.2 Å². The summed E-state index contributed by atoms with van der Waals surface area (Å²) in [7, 11) is -0.613. The van der Waals surface area contributed by atoms with Gasteiger partial charge in [-0.1, -0.05) is 50.2 Å². The number of carbonyl (C=O) groups is 2. The van der Waals surface area contributed by atoms with E-state index < -0.39 is 37.0 Å². The predicted molar refractivity (Wildman–Crippen MR) is 135 cm³/mol. The molecule has 10 heteroatoms. The first kappa shape index (κ1) is 26.8. The van der Waals surface area contributed by atoms with Crippen molar-refractivity contribution in [3.63, 3.8) is 0 Å². The van der Waals surface area contributed by atoms with Crippen LogP contribution in [-0.4, -0.2) is 73.4 Å². The van der Waals surface area contributed by atoms with E-state index in [1.54, 1.807) is 12.1 Å². The monoisotopic (exact) mass is 482 g/mol. The van der Waals surface area contributed by atoms with Crippen LogP contribution in [0.25, 0.3) is 11.3 Å². The quantitative estimate of drug-likeness (QED) is 0.399. The number of nitrogens with zero attached hydrogens (tertiary/aromatic N) is 1. The van der Waals surface area contributed by atoms with Crippen LogP contribution < -0.4 is 16.0 Å². The molecule has 0 saturated carbocycles. The zero-order valence-electron chi connectivity index (χ0n) is 20.6. The third-order valence-electron chi connectivity index (χ3n) is 5.61. The number of carbonyl (C=O) groups excluding carboxylic acids is 2. The highest BCUT2D eigenvalue weighted by molar-refractivity contribution is 6.47. The summed E-state index contributed by atoms with van der Waals surface area (Å²) in [6.45, 7) is 7.85. The lowest BCUT2D eigenvalue weighted by Gasteiger charge is -2.30. The van der Waals surface area contributed by atoms with Gasteiger partial charge in [0.25, 0.3) is 5.91 Å². The molecule has 1 saturated heterocycles. The number of pyridine rings is 1. The molecular weight excluding hydrogens is 447 g/mol. The van der Waals surface area contributed by atoms with Gasteiger partial charge in [-0.05, 0) is 31.4 Å². The Bertz CT molecular complexity index is 952. The van der Waals surface area contributed by atoms with E-state index in [0.29, 0.717) is 38.4 Å². The van der Waals surface area contributed by atoms with Crippen molar-refractivity contribution in [3.05, 3.63) is 54.2 Å². The van der Waals surface area contributed by atoms with Crippen molar-refractivity contribution in [2.75, 3.05) is 26.3 Å². The molecule has 4 N–H and O–H groups in total. The molecule has 188 valence electrons. The number of aromatic nitrogens is 1. The summed E-state index contributed by atoms with van der Waals surface area (Å²) < 4.78 is 11.7. The number of amides is 2. The Morgan fingerprint density at radius 3 is 2.34 bits per heavy atom. The Kier molecular flexibility index (Phi) is 10.2. The van der Waals surface area contributed by atoms with E-state index in [4.69, 9.17) is 9.31 Å². The molecule has 1 aliphatic rings. The highest BCUT2D eigenvalue weighted by atomic mass is 16.6. The van der Waals surface area contributed by atoms with Crippen LogP contribution in [0.15, 0.2) is 48.5 Å². The largest absolute Gasteiger partial charge is 0.480 e. The minimum absolute atomic E-state index is 0.155. The van der Waals surface area contributed by atoms with Gasteiger partial charge in [-0.2, -0.15) is 0 Å². The molecule has 1 aromatic heterocycles. The molecule has 2 amide bonds. The second-order valence-corrected chi connectivity index (χ2v) is 9.07. The Morgan fingerprint density at radius 1 is 1.03 bits per heavy atom. The maximum absolute atomic E-state index is 13.2. The lowest BCUT2D eigenvalue weighted by atomic mass is 9.73. The zero-order chi connectivity index (χ0) is 25.2. The van der Waals surface area contributed by atoms with Crippen molar-refractivity contribution in [3.8, 4) is 11.3 Å². The summed E-state index contributed by atoms with van der Waals surface area (Å²) in [5.41, 5.74) is 1.67. The highest BCUT2D eigenvalue weighted by Crippen LogP contribution is 2.17. The van der Waals surface area contributed by atoms with Crippen LogP contribution >= 0.6 is 0 Å². The average molecular weight is 482 g/mol. The van der Waals surface area contributed by atoms with Crippen molar-refractivity contribution in [1.29, 1.82) is 0 Å². The number of hydrogen-bond acceptors (Lipinski definition) is 7. The van der Waals surface area contributed by atoms with E-state index in [2.05, 4.69) is 20.9 Å². The van der Waals surface area contributed by atoms with Crippen molar-refractivity contribution in [1.82, 2.24) is 20.9 Å². The molecule has 0 radical (unpaired) electrons. The summed E-state index contributed by atoms with van der Waals surface area (Å²) in [4.78, 5) is 30.6. The van der Waals surface area contributed by atoms with Crippen LogP contribution in [-0.2, 0) is 14.1 Å². The maximum Gasteiger partial charge on any atom is 0.480 e. The van der Waals surface area contributed by atoms with Gasteiger partial charge in [0.2, 0.25) is 5.91 Å². The molecule has 2 aromatic rings. The molecule has 0 aliphatic carbocycles. The minimum atomic E-state index is -1.17. The highest BCUT2D eigenvalue weighted by Gasteiger charge is 2.36. The van der Waals surface area contributed by atoms with Gasteiger partial charge in [0.1, 0.15) is 11.7 Å². The maximum atomic E-state index is 13.2. The smallest absolute Gasteiger partial charge is 0.408 e. The van der Waals surface area contributed by atoms with Gasteiger partial charge in [0.15, 0.2) is 0 Å². The number of aliphatic hydroxyl groups excluding tert-OH is 1. The van der Waals surface area contributed by atoms with Gasteiger partial charge in [-0.15, -0.1) is 0 Å². The number of hydrogen-bond donors (Lipinski definition) is 4. The third kappa shape index (κ3) is 8.14. The second-order valence-electron chi connectivity index (χ2n) is 9.07. The molecule has 0 bridgehead atoms. The van der Waals surface area contributed by atoms with Crippen LogP contribution in [0.4, 0.5) is 0 Å². The van der Waals surface area contributed by atoms with Crippen LogP contribution in [0.3, 0.4) is 0 Å². The fraction of sp³-hybridized carbons (Fsp3) is 0.480. The second kappa shape index (κ2) is 13.3. The van der Waals surface area contributed by atoms with Gasteiger partial charge >= 0.3 is 7.12 Å². The number of benzene rings is 1. The Hall–Kier alpha value is -2.79. The van der Waals surface area contributed by atoms with E-state index in [1.165, 1.54) is 6.92 Å². The first-order valence-corrected chi connectivity index (χ1v) is 12.1. The zero-order valence-corrected chi connectivity index (χ0v) is 20.6. The normalized spacial score (nSPS) is 17.1. The van der Waals surface area contributed by atoms with E-state index >= 15 is 0 Å². The molecule has 3 rings (SSSR count). The van der Waals surface area contributed by atoms with E-state index in [9.17, 15) is 14.7 Å². The first-order valence-electron chi connectivity index (χ1n) is 12.1. The Morgan fingerprint density at radius 2 is 1.71 bits per heavy atom. The fourth-order valence-corrected chi connectivity index (χ4v) is 3.87. The summed E-state index contributed by atoms with van der Waals surface area (Å²) in [5.74, 6) is -1.22. The third-order valence-corrected chi connectivity index (χ3v) is 5.61. The summed E-state index contributed by atoms with van der Waals surface area (Å²) in [6.07, 6.45) is -0.510. The summed E-state index contributed by atoms with van der Waals surface area (Å²) >= 11 is 0. The number of rotatable bonds is 9. The Labute approximate surface area is 207 Å². The molecule has 2 heterocycles. The fourth-order valence-electron chi connectivity index (χ4n) is 3.87. The van der Waals surface area contributed by atoms with Gasteiger partial charge in [0.05, 0.1) is 17.7 Å². The van der Waals surface area contributed by atoms with Crippen molar-refractivity contribution in [2.45, 2.75) is 45.3 Å². The first-order chi connectivity index (χ1) is 16.8. The summed E-state index contributed by atoms with van der Waals surface area (Å²) in [6, 6.07) is 13.4. The average Bonchev–Trinajstić information content (AvgIpc) is 2.82. The van der Waals surface area contributed by atoms with Crippen LogP contribution in [0.5, 0.6) is 0 Å². The topological polar surface area (TPSA) is 122 Å². The molecule has 1 aromatic carbocycles. The lowest BCUT2D eigenvalue weighted by molar-refractivity contribution is -0.125. The van der Waals surface area contributed by atoms with Gasteiger partial charge in [-0.3, -0.25) is 9.59 Å². The van der Waals surface area contributed by atoms with Gasteiger partial charge in [-0.25, -0.2) is 4.98 Å². The van der Waals surface area contributed by atoms with E-state index in [-0.39, 0.29) is 11.6 Å². The molecule has 35 heavy (non-hydrogen) atoms.